The highest BCUT2D eigenvalue weighted by Gasteiger charge is 1.84. The first-order chi connectivity index (χ1) is 7.27. The minimum absolute atomic E-state index is 0.167. The van der Waals surface area contributed by atoms with Crippen molar-refractivity contribution in [2.75, 3.05) is 5.73 Å². The molecule has 94 valence electrons. The Morgan fingerprint density at radius 3 is 1.44 bits per heavy atom. The van der Waals surface area contributed by atoms with E-state index in [-0.39, 0.29) is 12.2 Å². The minimum atomic E-state index is -0.167. The van der Waals surface area contributed by atoms with Crippen molar-refractivity contribution >= 4 is 5.69 Å². The molecule has 4 N–H and O–H groups in total. The SMILES string of the molecule is CC(C)O.CC(C)O.Cc1ccccc1N. The topological polar surface area (TPSA) is 66.5 Å². The van der Waals surface area contributed by atoms with Gasteiger partial charge in [-0.05, 0) is 46.2 Å². The van der Waals surface area contributed by atoms with E-state index in [2.05, 4.69) is 0 Å². The zero-order valence-electron chi connectivity index (χ0n) is 10.9. The van der Waals surface area contributed by atoms with Crippen LogP contribution >= 0.6 is 0 Å². The van der Waals surface area contributed by atoms with Crippen molar-refractivity contribution in [2.24, 2.45) is 0 Å². The van der Waals surface area contributed by atoms with E-state index in [1.54, 1.807) is 27.7 Å². The van der Waals surface area contributed by atoms with Crippen LogP contribution in [-0.2, 0) is 0 Å². The quantitative estimate of drug-likeness (QED) is 0.596. The van der Waals surface area contributed by atoms with Crippen LogP contribution in [0, 0.1) is 6.92 Å². The van der Waals surface area contributed by atoms with E-state index in [9.17, 15) is 0 Å². The number of aryl methyl sites for hydroxylation is 1. The Kier molecular flexibility index (Phi) is 11.3. The Hall–Kier alpha value is -1.06. The Bertz CT molecular complexity index is 227. The van der Waals surface area contributed by atoms with Crippen molar-refractivity contribution in [1.82, 2.24) is 0 Å². The van der Waals surface area contributed by atoms with Crippen LogP contribution in [0.1, 0.15) is 33.3 Å². The number of hydrogen-bond donors (Lipinski definition) is 3. The molecule has 3 heteroatoms. The molecule has 0 spiro atoms. The van der Waals surface area contributed by atoms with E-state index in [0.717, 1.165) is 11.3 Å². The normalized spacial score (nSPS) is 9.06. The molecule has 0 aromatic heterocycles. The van der Waals surface area contributed by atoms with Gasteiger partial charge in [0.05, 0.1) is 0 Å². The van der Waals surface area contributed by atoms with E-state index in [1.165, 1.54) is 0 Å². The Morgan fingerprint density at radius 1 is 0.938 bits per heavy atom. The molecule has 0 saturated heterocycles. The fourth-order valence-electron chi connectivity index (χ4n) is 0.587. The van der Waals surface area contributed by atoms with Gasteiger partial charge in [0.1, 0.15) is 0 Å². The summed E-state index contributed by atoms with van der Waals surface area (Å²) in [6.45, 7) is 8.88. The summed E-state index contributed by atoms with van der Waals surface area (Å²) in [5.74, 6) is 0. The van der Waals surface area contributed by atoms with Crippen LogP contribution in [0.25, 0.3) is 0 Å². The Balaban J connectivity index is 0. The van der Waals surface area contributed by atoms with Crippen molar-refractivity contribution in [3.63, 3.8) is 0 Å². The van der Waals surface area contributed by atoms with E-state index < -0.39 is 0 Å². The first kappa shape index (κ1) is 17.3. The highest BCUT2D eigenvalue weighted by molar-refractivity contribution is 5.44. The van der Waals surface area contributed by atoms with Gasteiger partial charge >= 0.3 is 0 Å². The highest BCUT2D eigenvalue weighted by atomic mass is 16.3. The minimum Gasteiger partial charge on any atom is -0.399 e. The molecule has 3 nitrogen and oxygen atoms in total. The molecule has 0 radical (unpaired) electrons. The largest absolute Gasteiger partial charge is 0.399 e. The van der Waals surface area contributed by atoms with Crippen LogP contribution in [0.4, 0.5) is 5.69 Å². The van der Waals surface area contributed by atoms with Crippen molar-refractivity contribution in [3.8, 4) is 0 Å². The third-order valence-electron chi connectivity index (χ3n) is 1.19. The highest BCUT2D eigenvalue weighted by Crippen LogP contribution is 2.06. The smallest absolute Gasteiger partial charge is 0.0483 e. The van der Waals surface area contributed by atoms with Crippen LogP contribution in [0.3, 0.4) is 0 Å². The molecule has 0 saturated carbocycles. The van der Waals surface area contributed by atoms with Crippen molar-refractivity contribution in [1.29, 1.82) is 0 Å². The van der Waals surface area contributed by atoms with E-state index in [4.69, 9.17) is 15.9 Å². The standard InChI is InChI=1S/C7H9N.2C3H8O/c1-6-4-2-3-5-7(6)8;2*1-3(2)4/h2-5H,8H2,1H3;2*3-4H,1-2H3. The fraction of sp³-hybridized carbons (Fsp3) is 0.538. The van der Waals surface area contributed by atoms with Gasteiger partial charge in [-0.15, -0.1) is 0 Å². The molecule has 0 aliphatic heterocycles. The van der Waals surface area contributed by atoms with Gasteiger partial charge in [-0.3, -0.25) is 0 Å². The molecule has 0 amide bonds. The van der Waals surface area contributed by atoms with Crippen LogP contribution < -0.4 is 5.73 Å². The number of nitrogens with two attached hydrogens (primary N) is 1. The van der Waals surface area contributed by atoms with Crippen molar-refractivity contribution in [3.05, 3.63) is 29.8 Å². The lowest BCUT2D eigenvalue weighted by Crippen LogP contribution is -1.85. The number of benzene rings is 1. The first-order valence-electron chi connectivity index (χ1n) is 5.44. The molecule has 0 aliphatic rings. The third-order valence-corrected chi connectivity index (χ3v) is 1.19. The number of rotatable bonds is 0. The molecule has 1 aromatic carbocycles. The summed E-state index contributed by atoms with van der Waals surface area (Å²) in [4.78, 5) is 0. The molecule has 0 atom stereocenters. The molecule has 1 aromatic rings. The van der Waals surface area contributed by atoms with Gasteiger partial charge in [0, 0.05) is 17.9 Å². The summed E-state index contributed by atoms with van der Waals surface area (Å²) < 4.78 is 0. The van der Waals surface area contributed by atoms with Gasteiger partial charge in [0.25, 0.3) is 0 Å². The second kappa shape index (κ2) is 10.5. The molecule has 0 heterocycles. The summed E-state index contributed by atoms with van der Waals surface area (Å²) in [5.41, 5.74) is 7.53. The van der Waals surface area contributed by atoms with Crippen molar-refractivity contribution < 1.29 is 10.2 Å². The first-order valence-corrected chi connectivity index (χ1v) is 5.44. The molecule has 0 unspecified atom stereocenters. The van der Waals surface area contributed by atoms with Gasteiger partial charge in [-0.1, -0.05) is 18.2 Å². The average Bonchev–Trinajstić information content (AvgIpc) is 2.08. The fourth-order valence-corrected chi connectivity index (χ4v) is 0.587. The number of para-hydroxylation sites is 1. The summed E-state index contributed by atoms with van der Waals surface area (Å²) in [7, 11) is 0. The number of nitrogen functional groups attached to an aromatic ring is 1. The second-order valence-electron chi connectivity index (χ2n) is 4.04. The van der Waals surface area contributed by atoms with Gasteiger partial charge in [0.2, 0.25) is 0 Å². The molecular formula is C13H25NO2. The number of aliphatic hydroxyl groups is 2. The van der Waals surface area contributed by atoms with Crippen LogP contribution in [0.2, 0.25) is 0 Å². The van der Waals surface area contributed by atoms with E-state index in [1.807, 2.05) is 31.2 Å². The van der Waals surface area contributed by atoms with Gasteiger partial charge in [-0.25, -0.2) is 0 Å². The maximum Gasteiger partial charge on any atom is 0.0483 e. The predicted molar refractivity (Wildman–Crippen MR) is 70.3 cm³/mol. The Labute approximate surface area is 98.9 Å². The second-order valence-corrected chi connectivity index (χ2v) is 4.04. The zero-order valence-corrected chi connectivity index (χ0v) is 10.9. The van der Waals surface area contributed by atoms with Crippen LogP contribution in [0.5, 0.6) is 0 Å². The zero-order chi connectivity index (χ0) is 13.1. The van der Waals surface area contributed by atoms with Gasteiger partial charge in [0.15, 0.2) is 0 Å². The molecule has 0 aliphatic carbocycles. The predicted octanol–water partition coefficient (Wildman–Crippen LogP) is 2.35. The van der Waals surface area contributed by atoms with Crippen LogP contribution in [-0.4, -0.2) is 22.4 Å². The summed E-state index contributed by atoms with van der Waals surface area (Å²) in [5, 5.41) is 16.1. The molecule has 0 bridgehead atoms. The van der Waals surface area contributed by atoms with Crippen LogP contribution in [0.15, 0.2) is 24.3 Å². The lowest BCUT2D eigenvalue weighted by atomic mass is 10.2. The number of aliphatic hydroxyl groups excluding tert-OH is 2. The molecule has 0 fully saturated rings. The molecular weight excluding hydrogens is 202 g/mol. The monoisotopic (exact) mass is 227 g/mol. The maximum absolute atomic E-state index is 8.06. The summed E-state index contributed by atoms with van der Waals surface area (Å²) in [6, 6.07) is 7.80. The number of hydrogen-bond acceptors (Lipinski definition) is 3. The van der Waals surface area contributed by atoms with Gasteiger partial charge in [-0.2, -0.15) is 0 Å². The number of anilines is 1. The third kappa shape index (κ3) is 18.7. The lowest BCUT2D eigenvalue weighted by molar-refractivity contribution is 0.215. The summed E-state index contributed by atoms with van der Waals surface area (Å²) in [6.07, 6.45) is -0.333. The molecule has 1 rings (SSSR count). The Morgan fingerprint density at radius 2 is 1.25 bits per heavy atom. The maximum atomic E-state index is 8.06. The average molecular weight is 227 g/mol. The molecule has 16 heavy (non-hydrogen) atoms. The van der Waals surface area contributed by atoms with E-state index >= 15 is 0 Å². The van der Waals surface area contributed by atoms with Crippen molar-refractivity contribution in [2.45, 2.75) is 46.8 Å². The summed E-state index contributed by atoms with van der Waals surface area (Å²) >= 11 is 0. The lowest BCUT2D eigenvalue weighted by Gasteiger charge is -1.93. The van der Waals surface area contributed by atoms with Gasteiger partial charge < -0.3 is 15.9 Å². The van der Waals surface area contributed by atoms with E-state index in [0.29, 0.717) is 0 Å².